The number of halogens is 1. The summed E-state index contributed by atoms with van der Waals surface area (Å²) in [5.74, 6) is -0.536. The van der Waals surface area contributed by atoms with Crippen molar-refractivity contribution in [3.63, 3.8) is 0 Å². The van der Waals surface area contributed by atoms with E-state index in [0.717, 1.165) is 31.2 Å². The van der Waals surface area contributed by atoms with E-state index in [4.69, 9.17) is 4.74 Å². The quantitative estimate of drug-likeness (QED) is 0.718. The van der Waals surface area contributed by atoms with Crippen molar-refractivity contribution in [3.05, 3.63) is 35.6 Å². The smallest absolute Gasteiger partial charge is 0.303 e. The van der Waals surface area contributed by atoms with Gasteiger partial charge in [0.15, 0.2) is 0 Å². The number of rotatable bonds is 2. The summed E-state index contributed by atoms with van der Waals surface area (Å²) in [5.41, 5.74) is 0.390. The summed E-state index contributed by atoms with van der Waals surface area (Å²) in [6.45, 7) is 1.42. The summed E-state index contributed by atoms with van der Waals surface area (Å²) in [6.07, 6.45) is 3.76. The van der Waals surface area contributed by atoms with Crippen molar-refractivity contribution in [1.29, 1.82) is 0 Å². The molecule has 0 amide bonds. The fraction of sp³-hybridized carbons (Fsp3) is 0.462. The Kier molecular flexibility index (Phi) is 2.95. The molecule has 0 N–H and O–H groups in total. The Bertz CT molecular complexity index is 377. The molecule has 1 aromatic rings. The molecule has 86 valence electrons. The lowest BCUT2D eigenvalue weighted by molar-refractivity contribution is -0.157. The Balaban J connectivity index is 2.31. The molecule has 0 radical (unpaired) electrons. The van der Waals surface area contributed by atoms with Gasteiger partial charge in [-0.2, -0.15) is 0 Å². The Morgan fingerprint density at radius 1 is 1.25 bits per heavy atom. The first kappa shape index (κ1) is 11.1. The SMILES string of the molecule is CC(=O)OC1(c2ccc(F)cc2)CCCC1. The summed E-state index contributed by atoms with van der Waals surface area (Å²) < 4.78 is 18.3. The maximum Gasteiger partial charge on any atom is 0.303 e. The third-order valence-corrected chi connectivity index (χ3v) is 3.12. The van der Waals surface area contributed by atoms with Gasteiger partial charge >= 0.3 is 5.97 Å². The number of hydrogen-bond donors (Lipinski definition) is 0. The number of esters is 1. The van der Waals surface area contributed by atoms with Crippen LogP contribution in [0, 0.1) is 5.82 Å². The lowest BCUT2D eigenvalue weighted by Crippen LogP contribution is -2.28. The average molecular weight is 222 g/mol. The minimum atomic E-state index is -0.514. The molecule has 0 aromatic heterocycles. The van der Waals surface area contributed by atoms with Gasteiger partial charge in [0, 0.05) is 6.92 Å². The summed E-state index contributed by atoms with van der Waals surface area (Å²) in [5, 5.41) is 0. The van der Waals surface area contributed by atoms with Gasteiger partial charge in [-0.1, -0.05) is 12.1 Å². The number of ether oxygens (including phenoxy) is 1. The molecule has 1 aliphatic carbocycles. The van der Waals surface area contributed by atoms with Crippen LogP contribution in [0.3, 0.4) is 0 Å². The van der Waals surface area contributed by atoms with Crippen molar-refractivity contribution >= 4 is 5.97 Å². The molecule has 0 heterocycles. The van der Waals surface area contributed by atoms with Crippen molar-refractivity contribution < 1.29 is 13.9 Å². The van der Waals surface area contributed by atoms with Crippen LogP contribution in [0.5, 0.6) is 0 Å². The van der Waals surface area contributed by atoms with E-state index in [9.17, 15) is 9.18 Å². The van der Waals surface area contributed by atoms with Gasteiger partial charge < -0.3 is 4.74 Å². The molecule has 2 rings (SSSR count). The van der Waals surface area contributed by atoms with Crippen molar-refractivity contribution in [2.75, 3.05) is 0 Å². The molecule has 1 aromatic carbocycles. The van der Waals surface area contributed by atoms with Crippen LogP contribution in [0.25, 0.3) is 0 Å². The van der Waals surface area contributed by atoms with E-state index in [0.29, 0.717) is 0 Å². The van der Waals surface area contributed by atoms with Gasteiger partial charge in [-0.3, -0.25) is 4.79 Å². The molecule has 1 saturated carbocycles. The van der Waals surface area contributed by atoms with Crippen LogP contribution in [0.15, 0.2) is 24.3 Å². The van der Waals surface area contributed by atoms with Crippen LogP contribution >= 0.6 is 0 Å². The molecule has 0 spiro atoms. The maximum absolute atomic E-state index is 12.9. The Morgan fingerprint density at radius 2 is 1.81 bits per heavy atom. The number of carbonyl (C=O) groups is 1. The molecule has 16 heavy (non-hydrogen) atoms. The van der Waals surface area contributed by atoms with Crippen molar-refractivity contribution in [2.24, 2.45) is 0 Å². The zero-order chi connectivity index (χ0) is 11.6. The second-order valence-corrected chi connectivity index (χ2v) is 4.30. The van der Waals surface area contributed by atoms with E-state index < -0.39 is 5.60 Å². The number of benzene rings is 1. The maximum atomic E-state index is 12.9. The minimum absolute atomic E-state index is 0.264. The average Bonchev–Trinajstić information content (AvgIpc) is 2.67. The highest BCUT2D eigenvalue weighted by Crippen LogP contribution is 2.42. The first-order chi connectivity index (χ1) is 7.62. The van der Waals surface area contributed by atoms with Crippen molar-refractivity contribution in [3.8, 4) is 0 Å². The zero-order valence-electron chi connectivity index (χ0n) is 9.33. The molecule has 2 nitrogen and oxygen atoms in total. The molecular weight excluding hydrogens is 207 g/mol. The zero-order valence-corrected chi connectivity index (χ0v) is 9.33. The highest BCUT2D eigenvalue weighted by atomic mass is 19.1. The first-order valence-electron chi connectivity index (χ1n) is 5.58. The number of hydrogen-bond acceptors (Lipinski definition) is 2. The summed E-state index contributed by atoms with van der Waals surface area (Å²) in [7, 11) is 0. The monoisotopic (exact) mass is 222 g/mol. The lowest BCUT2D eigenvalue weighted by Gasteiger charge is -2.29. The minimum Gasteiger partial charge on any atom is -0.454 e. The van der Waals surface area contributed by atoms with E-state index >= 15 is 0 Å². The largest absolute Gasteiger partial charge is 0.454 e. The molecule has 0 saturated heterocycles. The standard InChI is InChI=1S/C13H15FO2/c1-10(15)16-13(8-2-3-9-13)11-4-6-12(14)7-5-11/h4-7H,2-3,8-9H2,1H3. The molecule has 1 fully saturated rings. The Morgan fingerprint density at radius 3 is 2.31 bits per heavy atom. The predicted molar refractivity (Wildman–Crippen MR) is 58.3 cm³/mol. The fourth-order valence-electron chi connectivity index (χ4n) is 2.42. The third kappa shape index (κ3) is 2.08. The molecular formula is C13H15FO2. The summed E-state index contributed by atoms with van der Waals surface area (Å²) in [4.78, 5) is 11.1. The summed E-state index contributed by atoms with van der Waals surface area (Å²) in [6, 6.07) is 6.25. The van der Waals surface area contributed by atoms with Gasteiger partial charge in [0.05, 0.1) is 0 Å². The van der Waals surface area contributed by atoms with Crippen LogP contribution in [-0.4, -0.2) is 5.97 Å². The molecule has 0 atom stereocenters. The third-order valence-electron chi connectivity index (χ3n) is 3.12. The van der Waals surface area contributed by atoms with Gasteiger partial charge in [-0.05, 0) is 43.4 Å². The van der Waals surface area contributed by atoms with Crippen LogP contribution in [-0.2, 0) is 15.1 Å². The highest BCUT2D eigenvalue weighted by molar-refractivity contribution is 5.67. The topological polar surface area (TPSA) is 26.3 Å². The number of carbonyl (C=O) groups excluding carboxylic acids is 1. The Labute approximate surface area is 94.4 Å². The molecule has 1 aliphatic rings. The predicted octanol–water partition coefficient (Wildman–Crippen LogP) is 3.16. The van der Waals surface area contributed by atoms with Crippen molar-refractivity contribution in [2.45, 2.75) is 38.2 Å². The fourth-order valence-corrected chi connectivity index (χ4v) is 2.42. The first-order valence-corrected chi connectivity index (χ1v) is 5.58. The highest BCUT2D eigenvalue weighted by Gasteiger charge is 2.38. The second kappa shape index (κ2) is 4.24. The van der Waals surface area contributed by atoms with Gasteiger partial charge in [0.25, 0.3) is 0 Å². The molecule has 3 heteroatoms. The molecule has 0 bridgehead atoms. The molecule has 0 aliphatic heterocycles. The van der Waals surface area contributed by atoms with Crippen LogP contribution in [0.4, 0.5) is 4.39 Å². The van der Waals surface area contributed by atoms with Gasteiger partial charge in [-0.25, -0.2) is 4.39 Å². The van der Waals surface area contributed by atoms with E-state index in [1.807, 2.05) is 0 Å². The van der Waals surface area contributed by atoms with E-state index in [1.54, 1.807) is 12.1 Å². The lowest BCUT2D eigenvalue weighted by atomic mass is 9.92. The van der Waals surface area contributed by atoms with E-state index in [2.05, 4.69) is 0 Å². The summed E-state index contributed by atoms with van der Waals surface area (Å²) >= 11 is 0. The van der Waals surface area contributed by atoms with E-state index in [-0.39, 0.29) is 11.8 Å². The van der Waals surface area contributed by atoms with Crippen LogP contribution in [0.1, 0.15) is 38.2 Å². The second-order valence-electron chi connectivity index (χ2n) is 4.30. The van der Waals surface area contributed by atoms with Gasteiger partial charge in [0.1, 0.15) is 11.4 Å². The van der Waals surface area contributed by atoms with Gasteiger partial charge in [-0.15, -0.1) is 0 Å². The molecule has 0 unspecified atom stereocenters. The Hall–Kier alpha value is -1.38. The van der Waals surface area contributed by atoms with Crippen LogP contribution in [0.2, 0.25) is 0 Å². The van der Waals surface area contributed by atoms with Crippen molar-refractivity contribution in [1.82, 2.24) is 0 Å². The van der Waals surface area contributed by atoms with E-state index in [1.165, 1.54) is 19.1 Å². The van der Waals surface area contributed by atoms with Crippen LogP contribution < -0.4 is 0 Å². The van der Waals surface area contributed by atoms with Gasteiger partial charge in [0.2, 0.25) is 0 Å². The normalized spacial score (nSPS) is 18.4.